The molecule has 0 amide bonds. The van der Waals surface area contributed by atoms with Crippen LogP contribution in [0.2, 0.25) is 0 Å². The normalized spacial score (nSPS) is 14.1. The lowest BCUT2D eigenvalue weighted by Crippen LogP contribution is -2.27. The second-order valence-corrected chi connectivity index (χ2v) is 8.81. The van der Waals surface area contributed by atoms with Gasteiger partial charge >= 0.3 is 0 Å². The van der Waals surface area contributed by atoms with Gasteiger partial charge in [0, 0.05) is 18.8 Å². The van der Waals surface area contributed by atoms with Gasteiger partial charge in [-0.15, -0.1) is 0 Å². The monoisotopic (exact) mass is 386 g/mol. The maximum Gasteiger partial charge on any atom is 0.240 e. The van der Waals surface area contributed by atoms with Gasteiger partial charge in [-0.2, -0.15) is 0 Å². The smallest absolute Gasteiger partial charge is 0.240 e. The molecule has 0 unspecified atom stereocenters. The van der Waals surface area contributed by atoms with E-state index in [2.05, 4.69) is 32.5 Å². The van der Waals surface area contributed by atoms with Crippen LogP contribution in [0.1, 0.15) is 25.0 Å². The lowest BCUT2D eigenvalue weighted by molar-refractivity contribution is 0.560. The molecule has 2 aromatic rings. The molecule has 0 atom stereocenters. The zero-order valence-corrected chi connectivity index (χ0v) is 16.5. The number of nitrogens with zero attached hydrogens (tertiary/aromatic N) is 1. The molecular formula is C20H26N4O2S. The molecule has 3 N–H and O–H groups in total. The van der Waals surface area contributed by atoms with Crippen molar-refractivity contribution in [3.63, 3.8) is 0 Å². The number of guanidine groups is 1. The van der Waals surface area contributed by atoms with E-state index >= 15 is 0 Å². The number of benzene rings is 2. The fraction of sp³-hybridized carbons (Fsp3) is 0.350. The fourth-order valence-electron chi connectivity index (χ4n) is 2.71. The number of nitrogens with one attached hydrogen (secondary N) is 3. The van der Waals surface area contributed by atoms with E-state index in [9.17, 15) is 8.42 Å². The third kappa shape index (κ3) is 5.55. The van der Waals surface area contributed by atoms with E-state index in [1.807, 2.05) is 38.1 Å². The van der Waals surface area contributed by atoms with Crippen molar-refractivity contribution in [2.45, 2.75) is 25.2 Å². The van der Waals surface area contributed by atoms with E-state index in [1.165, 1.54) is 0 Å². The van der Waals surface area contributed by atoms with Crippen molar-refractivity contribution in [3.05, 3.63) is 59.7 Å². The summed E-state index contributed by atoms with van der Waals surface area (Å²) in [5, 5.41) is 6.42. The second-order valence-electron chi connectivity index (χ2n) is 7.05. The highest BCUT2D eigenvalue weighted by molar-refractivity contribution is 7.89. The van der Waals surface area contributed by atoms with E-state index in [0.717, 1.165) is 42.3 Å². The Bertz CT molecular complexity index is 889. The third-order valence-corrected chi connectivity index (χ3v) is 5.65. The standard InChI is InChI=1S/C20H26N4O2S/c1-15(2)14-23-27(25,26)19-9-5-17(6-10-19)13-16-3-7-18(8-4-16)24-20-21-11-12-22-20/h3-10,15,23H,11-14H2,1-2H3,(H2,21,22,24). The topological polar surface area (TPSA) is 82.6 Å². The summed E-state index contributed by atoms with van der Waals surface area (Å²) < 4.78 is 27.1. The molecule has 0 aliphatic carbocycles. The Morgan fingerprint density at radius 3 is 2.22 bits per heavy atom. The van der Waals surface area contributed by atoms with Crippen molar-refractivity contribution in [1.82, 2.24) is 10.0 Å². The van der Waals surface area contributed by atoms with Crippen molar-refractivity contribution in [2.24, 2.45) is 10.9 Å². The number of sulfonamides is 1. The van der Waals surface area contributed by atoms with Crippen LogP contribution in [0.4, 0.5) is 5.69 Å². The van der Waals surface area contributed by atoms with Gasteiger partial charge in [-0.3, -0.25) is 4.99 Å². The quantitative estimate of drug-likeness (QED) is 0.683. The van der Waals surface area contributed by atoms with Crippen molar-refractivity contribution in [3.8, 4) is 0 Å². The van der Waals surface area contributed by atoms with Crippen LogP contribution in [0.15, 0.2) is 58.4 Å². The first kappa shape index (κ1) is 19.4. The summed E-state index contributed by atoms with van der Waals surface area (Å²) in [6, 6.07) is 15.2. The first-order valence-corrected chi connectivity index (χ1v) is 10.6. The Morgan fingerprint density at radius 1 is 1.04 bits per heavy atom. The average molecular weight is 387 g/mol. The molecule has 27 heavy (non-hydrogen) atoms. The van der Waals surface area contributed by atoms with E-state index < -0.39 is 10.0 Å². The van der Waals surface area contributed by atoms with Gasteiger partial charge < -0.3 is 10.6 Å². The van der Waals surface area contributed by atoms with Gasteiger partial charge in [0.05, 0.1) is 11.4 Å². The molecule has 0 saturated carbocycles. The Labute approximate surface area is 161 Å². The second kappa shape index (κ2) is 8.54. The molecular weight excluding hydrogens is 360 g/mol. The number of hydrogen-bond donors (Lipinski definition) is 3. The minimum Gasteiger partial charge on any atom is -0.354 e. The van der Waals surface area contributed by atoms with E-state index in [-0.39, 0.29) is 5.92 Å². The zero-order valence-electron chi connectivity index (χ0n) is 15.7. The Kier molecular flexibility index (Phi) is 6.13. The first-order chi connectivity index (χ1) is 12.9. The Balaban J connectivity index is 1.61. The van der Waals surface area contributed by atoms with E-state index in [1.54, 1.807) is 12.1 Å². The van der Waals surface area contributed by atoms with Crippen LogP contribution in [-0.2, 0) is 16.4 Å². The summed E-state index contributed by atoms with van der Waals surface area (Å²) in [6.07, 6.45) is 0.749. The molecule has 0 spiro atoms. The fourth-order valence-corrected chi connectivity index (χ4v) is 3.92. The molecule has 0 fully saturated rings. The van der Waals surface area contributed by atoms with Gasteiger partial charge in [0.2, 0.25) is 10.0 Å². The van der Waals surface area contributed by atoms with Crippen LogP contribution in [0.5, 0.6) is 0 Å². The summed E-state index contributed by atoms with van der Waals surface area (Å²) in [5.74, 6) is 1.08. The number of rotatable bonds is 7. The highest BCUT2D eigenvalue weighted by atomic mass is 32.2. The van der Waals surface area contributed by atoms with Crippen molar-refractivity contribution >= 4 is 21.7 Å². The third-order valence-electron chi connectivity index (χ3n) is 4.21. The molecule has 144 valence electrons. The minimum atomic E-state index is -3.44. The van der Waals surface area contributed by atoms with Crippen LogP contribution in [0, 0.1) is 5.92 Å². The van der Waals surface area contributed by atoms with Gasteiger partial charge in [-0.1, -0.05) is 38.1 Å². The van der Waals surface area contributed by atoms with Crippen LogP contribution < -0.4 is 15.4 Å². The molecule has 0 radical (unpaired) electrons. The van der Waals surface area contributed by atoms with E-state index in [0.29, 0.717) is 11.4 Å². The van der Waals surface area contributed by atoms with E-state index in [4.69, 9.17) is 0 Å². The molecule has 2 aromatic carbocycles. The predicted molar refractivity (Wildman–Crippen MR) is 110 cm³/mol. The van der Waals surface area contributed by atoms with Crippen LogP contribution in [0.3, 0.4) is 0 Å². The Morgan fingerprint density at radius 2 is 1.67 bits per heavy atom. The first-order valence-electron chi connectivity index (χ1n) is 9.15. The SMILES string of the molecule is CC(C)CNS(=O)(=O)c1ccc(Cc2ccc(NC3=NCCN3)cc2)cc1. The summed E-state index contributed by atoms with van der Waals surface area (Å²) in [4.78, 5) is 4.61. The predicted octanol–water partition coefficient (Wildman–Crippen LogP) is 2.58. The number of anilines is 1. The van der Waals surface area contributed by atoms with Gasteiger partial charge in [0.25, 0.3) is 0 Å². The minimum absolute atomic E-state index is 0.271. The largest absolute Gasteiger partial charge is 0.354 e. The molecule has 1 heterocycles. The highest BCUT2D eigenvalue weighted by Gasteiger charge is 2.14. The summed E-state index contributed by atoms with van der Waals surface area (Å²) in [6.45, 7) is 6.07. The van der Waals surface area contributed by atoms with Crippen molar-refractivity contribution in [2.75, 3.05) is 25.0 Å². The molecule has 0 aromatic heterocycles. The van der Waals surface area contributed by atoms with Gasteiger partial charge in [0.1, 0.15) is 0 Å². The summed E-state index contributed by atoms with van der Waals surface area (Å²) in [7, 11) is -3.44. The molecule has 0 saturated heterocycles. The Hall–Kier alpha value is -2.38. The molecule has 1 aliphatic heterocycles. The van der Waals surface area contributed by atoms with Crippen LogP contribution >= 0.6 is 0 Å². The van der Waals surface area contributed by atoms with Gasteiger partial charge in [-0.05, 0) is 47.7 Å². The highest BCUT2D eigenvalue weighted by Crippen LogP contribution is 2.16. The molecule has 1 aliphatic rings. The average Bonchev–Trinajstić information content (AvgIpc) is 3.15. The van der Waals surface area contributed by atoms with Crippen molar-refractivity contribution in [1.29, 1.82) is 0 Å². The van der Waals surface area contributed by atoms with Crippen LogP contribution in [0.25, 0.3) is 0 Å². The summed E-state index contributed by atoms with van der Waals surface area (Å²) in [5.41, 5.74) is 3.22. The lowest BCUT2D eigenvalue weighted by atomic mass is 10.0. The lowest BCUT2D eigenvalue weighted by Gasteiger charge is -2.10. The van der Waals surface area contributed by atoms with Crippen LogP contribution in [-0.4, -0.2) is 34.0 Å². The van der Waals surface area contributed by atoms with Crippen molar-refractivity contribution < 1.29 is 8.42 Å². The molecule has 6 nitrogen and oxygen atoms in total. The summed E-state index contributed by atoms with van der Waals surface area (Å²) >= 11 is 0. The maximum absolute atomic E-state index is 12.3. The molecule has 0 bridgehead atoms. The number of aliphatic imine (C=N–C) groups is 1. The number of hydrogen-bond acceptors (Lipinski definition) is 5. The van der Waals surface area contributed by atoms with Gasteiger partial charge in [0.15, 0.2) is 5.96 Å². The zero-order chi connectivity index (χ0) is 19.3. The molecule has 3 rings (SSSR count). The maximum atomic E-state index is 12.3. The van der Waals surface area contributed by atoms with Gasteiger partial charge in [-0.25, -0.2) is 13.1 Å². The molecule has 7 heteroatoms.